The van der Waals surface area contributed by atoms with E-state index >= 15 is 0 Å². The molecular weight excluding hydrogens is 1260 g/mol. The highest BCUT2D eigenvalue weighted by atomic mass is 32.2. The molecule has 7 amide bonds. The van der Waals surface area contributed by atoms with E-state index in [-0.39, 0.29) is 143 Å². The molecule has 1 fully saturated rings. The molecule has 3 N–H and O–H groups in total. The van der Waals surface area contributed by atoms with E-state index in [1.807, 2.05) is 99.5 Å². The first kappa shape index (κ1) is 70.9. The Morgan fingerprint density at radius 1 is 0.680 bits per heavy atom. The quantitative estimate of drug-likeness (QED) is 0.0253. The summed E-state index contributed by atoms with van der Waals surface area (Å²) in [6.07, 6.45) is 5.61. The van der Waals surface area contributed by atoms with Crippen LogP contribution in [-0.4, -0.2) is 159 Å². The summed E-state index contributed by atoms with van der Waals surface area (Å²) in [7, 11) is 3.03. The number of thioether (sulfide) groups is 1. The van der Waals surface area contributed by atoms with Gasteiger partial charge in [0.25, 0.3) is 11.8 Å². The van der Waals surface area contributed by atoms with Crippen LogP contribution in [0.2, 0.25) is 0 Å². The van der Waals surface area contributed by atoms with E-state index in [0.717, 1.165) is 64.1 Å². The number of carbonyl (C=O) groups excluding carboxylic acids is 9. The molecule has 23 heteroatoms. The molecule has 1 saturated heterocycles. The number of rotatable bonds is 35. The monoisotopic (exact) mass is 1340 g/mol. The fourth-order valence-electron chi connectivity index (χ4n) is 13.1. The minimum atomic E-state index is -0.694. The second-order valence-corrected chi connectivity index (χ2v) is 27.7. The van der Waals surface area contributed by atoms with Crippen molar-refractivity contribution in [1.29, 1.82) is 0 Å². The maximum absolute atomic E-state index is 14.4. The number of amides is 7. The number of benzene rings is 5. The Morgan fingerprint density at radius 3 is 2.07 bits per heavy atom. The number of carbonyl (C=O) groups is 9. The Labute approximate surface area is 570 Å². The van der Waals surface area contributed by atoms with Gasteiger partial charge in [-0.1, -0.05) is 43.3 Å². The van der Waals surface area contributed by atoms with E-state index in [9.17, 15) is 43.2 Å². The van der Waals surface area contributed by atoms with E-state index in [1.165, 1.54) is 36.4 Å². The number of fused-ring (bicyclic) bond motifs is 8. The lowest BCUT2D eigenvalue weighted by atomic mass is 9.98. The Balaban J connectivity index is 0.828. The first-order valence-electron chi connectivity index (χ1n) is 33.6. The van der Waals surface area contributed by atoms with E-state index in [0.29, 0.717) is 86.4 Å². The van der Waals surface area contributed by atoms with Crippen LogP contribution in [0.4, 0.5) is 22.7 Å². The number of imide groups is 1. The standard InChI is InChI=1S/C74H88N8O14S/c1-7-28-93-30-31-94-29-27-79(46-74(3,4)97-66-41-70(88)80(73(66)91)26-12-15-56(83)20-22-69(87)78-43-57(84)21-23-68(86)76-25-24-67(85)75-5)54-34-48(44-95-63-38-50-18-19-53-36-51-13-8-10-16-61(51)81(53)71(89)58(50)32-47(63)2)33-49(35-54)45-96-65-40-60-59(39-64(65)92-6)72(90)82-55(42-77-60)37-52-14-9-11-17-62(52)82/h8-11,13-14,16-17,32-35,38-40,42,53,55,66H,7,12,15,18-31,36-37,41,43-46H2,1-6H3,(H,75,85)(H,76,86)(H,78,87)/t53-,55+,66?/m1/s1. The van der Waals surface area contributed by atoms with E-state index in [1.54, 1.807) is 17.0 Å². The third kappa shape index (κ3) is 18.0. The molecule has 97 heavy (non-hydrogen) atoms. The summed E-state index contributed by atoms with van der Waals surface area (Å²) < 4.78 is 30.7. The van der Waals surface area contributed by atoms with Crippen molar-refractivity contribution in [2.24, 2.45) is 4.99 Å². The van der Waals surface area contributed by atoms with Crippen molar-refractivity contribution in [3.05, 3.63) is 136 Å². The summed E-state index contributed by atoms with van der Waals surface area (Å²) in [5, 5.41) is 6.83. The van der Waals surface area contributed by atoms with Crippen molar-refractivity contribution in [3.8, 4) is 17.2 Å². The lowest BCUT2D eigenvalue weighted by molar-refractivity contribution is -0.138. The van der Waals surface area contributed by atoms with Gasteiger partial charge in [0.2, 0.25) is 29.5 Å². The fraction of sp³-hybridized carbons (Fsp3) is 0.459. The normalized spacial score (nSPS) is 16.7. The molecule has 5 aliphatic heterocycles. The van der Waals surface area contributed by atoms with Crippen LogP contribution in [0.15, 0.2) is 96.0 Å². The number of aliphatic imine (C=N–C) groups is 1. The second kappa shape index (κ2) is 32.9. The zero-order valence-corrected chi connectivity index (χ0v) is 57.1. The summed E-state index contributed by atoms with van der Waals surface area (Å²) in [5.74, 6) is -1.13. The van der Waals surface area contributed by atoms with E-state index in [4.69, 9.17) is 28.7 Å². The predicted octanol–water partition coefficient (Wildman–Crippen LogP) is 8.70. The molecule has 5 heterocycles. The summed E-state index contributed by atoms with van der Waals surface area (Å²) in [6, 6.07) is 29.4. The maximum Gasteiger partial charge on any atom is 0.261 e. The van der Waals surface area contributed by atoms with Gasteiger partial charge in [-0.15, -0.1) is 11.8 Å². The Morgan fingerprint density at radius 2 is 1.35 bits per heavy atom. The van der Waals surface area contributed by atoms with Crippen LogP contribution in [0.25, 0.3) is 0 Å². The van der Waals surface area contributed by atoms with Crippen molar-refractivity contribution in [3.63, 3.8) is 0 Å². The molecule has 514 valence electrons. The number of ketones is 2. The molecule has 22 nitrogen and oxygen atoms in total. The zero-order valence-electron chi connectivity index (χ0n) is 56.3. The summed E-state index contributed by atoms with van der Waals surface area (Å²) in [5.41, 5.74) is 9.81. The number of nitrogens with one attached hydrogen (secondary N) is 3. The molecule has 0 aliphatic carbocycles. The average Bonchev–Trinajstić information content (AvgIpc) is 1.64. The topological polar surface area (TPSA) is 261 Å². The van der Waals surface area contributed by atoms with Gasteiger partial charge in [0.05, 0.1) is 56.0 Å². The molecule has 0 saturated carbocycles. The molecule has 10 rings (SSSR count). The lowest BCUT2D eigenvalue weighted by Gasteiger charge is -2.35. The number of likely N-dealkylation sites (tertiary alicyclic amines) is 1. The van der Waals surface area contributed by atoms with Gasteiger partial charge in [0.15, 0.2) is 17.3 Å². The van der Waals surface area contributed by atoms with Crippen molar-refractivity contribution in [2.45, 2.75) is 146 Å². The minimum absolute atomic E-state index is 0.00328. The molecule has 1 unspecified atom stereocenters. The van der Waals surface area contributed by atoms with Gasteiger partial charge in [-0.2, -0.15) is 0 Å². The van der Waals surface area contributed by atoms with Crippen molar-refractivity contribution in [1.82, 2.24) is 20.9 Å². The van der Waals surface area contributed by atoms with Crippen LogP contribution in [-0.2, 0) is 75.5 Å². The molecule has 3 atom stereocenters. The largest absolute Gasteiger partial charge is 0.493 e. The summed E-state index contributed by atoms with van der Waals surface area (Å²) in [6.45, 7) is 10.8. The molecule has 0 bridgehead atoms. The Kier molecular flexibility index (Phi) is 24.0. The number of para-hydroxylation sites is 2. The first-order valence-corrected chi connectivity index (χ1v) is 34.5. The van der Waals surface area contributed by atoms with E-state index < -0.39 is 15.9 Å². The Bertz CT molecular complexity index is 3820. The van der Waals surface area contributed by atoms with Crippen LogP contribution in [0, 0.1) is 6.92 Å². The van der Waals surface area contributed by atoms with Gasteiger partial charge in [-0.05, 0) is 135 Å². The number of Topliss-reactive ketones (excluding diaryl/α,β-unsaturated/α-hetero) is 2. The predicted molar refractivity (Wildman–Crippen MR) is 371 cm³/mol. The van der Waals surface area contributed by atoms with Crippen LogP contribution in [0.1, 0.15) is 139 Å². The van der Waals surface area contributed by atoms with Crippen LogP contribution in [0.3, 0.4) is 0 Å². The molecule has 0 radical (unpaired) electrons. The summed E-state index contributed by atoms with van der Waals surface area (Å²) in [4.78, 5) is 130. The highest BCUT2D eigenvalue weighted by Gasteiger charge is 2.43. The Hall–Kier alpha value is -8.93. The fourth-order valence-corrected chi connectivity index (χ4v) is 14.5. The number of hydrogen-bond acceptors (Lipinski definition) is 17. The first-order chi connectivity index (χ1) is 46.8. The third-order valence-corrected chi connectivity index (χ3v) is 19.4. The highest BCUT2D eigenvalue weighted by molar-refractivity contribution is 8.02. The van der Waals surface area contributed by atoms with Crippen LogP contribution in [0.5, 0.6) is 17.2 Å². The van der Waals surface area contributed by atoms with E-state index in [2.05, 4.69) is 39.0 Å². The smallest absolute Gasteiger partial charge is 0.261 e. The van der Waals surface area contributed by atoms with Crippen LogP contribution >= 0.6 is 11.8 Å². The van der Waals surface area contributed by atoms with Crippen LogP contribution < -0.4 is 44.9 Å². The highest BCUT2D eigenvalue weighted by Crippen LogP contribution is 2.43. The van der Waals surface area contributed by atoms with Crippen molar-refractivity contribution >= 4 is 93.6 Å². The van der Waals surface area contributed by atoms with Gasteiger partial charge >= 0.3 is 0 Å². The minimum Gasteiger partial charge on any atom is -0.493 e. The average molecular weight is 1350 g/mol. The number of nitrogens with zero attached hydrogens (tertiary/aromatic N) is 5. The molecule has 5 aliphatic rings. The second-order valence-electron chi connectivity index (χ2n) is 25.8. The molecular formula is C74H88N8O14S. The number of anilines is 3. The molecule has 5 aromatic rings. The van der Waals surface area contributed by atoms with Crippen molar-refractivity contribution in [2.75, 3.05) is 88.0 Å². The summed E-state index contributed by atoms with van der Waals surface area (Å²) >= 11 is 1.41. The number of methoxy groups -OCH3 is 1. The van der Waals surface area contributed by atoms with Gasteiger partial charge in [0, 0.05) is 137 Å². The molecule has 0 aromatic heterocycles. The zero-order chi connectivity index (χ0) is 68.8. The van der Waals surface area contributed by atoms with Gasteiger partial charge in [0.1, 0.15) is 24.7 Å². The van der Waals surface area contributed by atoms with Gasteiger partial charge in [-0.25, -0.2) is 0 Å². The third-order valence-electron chi connectivity index (χ3n) is 18.0. The van der Waals surface area contributed by atoms with Crippen molar-refractivity contribution < 1.29 is 66.8 Å². The molecule has 5 aromatic carbocycles. The van der Waals surface area contributed by atoms with Gasteiger partial charge in [-0.3, -0.25) is 57.9 Å². The number of ether oxygens (including phenoxy) is 5. The lowest BCUT2D eigenvalue weighted by Crippen LogP contribution is -2.41. The number of hydrogen-bond donors (Lipinski definition) is 3. The maximum atomic E-state index is 14.4. The molecule has 0 spiro atoms. The number of aryl methyl sites for hydroxylation is 2. The van der Waals surface area contributed by atoms with Gasteiger partial charge < -0.3 is 49.4 Å². The SMILES string of the molecule is CCCOCCOCCN(CC(C)(C)SC1CC(=O)N(CCCC(=O)CCC(=O)NCC(=O)CCC(=O)NCCC(=O)NC)C1=O)c1cc(COc2cc3c(cc2C)C(=O)N2c4ccccc4C[C@H]2CC3)cc(COc2cc3c(cc2OC)C(=O)N2c4ccccc4C[C@H]2C=N3)c1.